The average molecular weight is 582 g/mol. The van der Waals surface area contributed by atoms with Crippen LogP contribution >= 0.6 is 11.6 Å². The molecule has 5 rings (SSSR count). The number of nitrogens with zero attached hydrogens (tertiary/aromatic N) is 9. The normalized spacial score (nSPS) is 12.5. The van der Waals surface area contributed by atoms with E-state index in [4.69, 9.17) is 16.3 Å². The molecular formula is C22H19ClF3N9O3S. The van der Waals surface area contributed by atoms with E-state index >= 15 is 0 Å². The lowest BCUT2D eigenvalue weighted by Gasteiger charge is -2.10. The molecule has 4 aromatic heterocycles. The third-order valence-electron chi connectivity index (χ3n) is 5.64. The summed E-state index contributed by atoms with van der Waals surface area (Å²) in [5, 5.41) is 3.80. The minimum atomic E-state index is -4.84. The van der Waals surface area contributed by atoms with Gasteiger partial charge in [-0.2, -0.15) is 25.9 Å². The van der Waals surface area contributed by atoms with Gasteiger partial charge in [-0.3, -0.25) is 4.40 Å². The molecule has 12 nitrogen and oxygen atoms in total. The van der Waals surface area contributed by atoms with Gasteiger partial charge in [-0.05, 0) is 17.7 Å². The van der Waals surface area contributed by atoms with Gasteiger partial charge in [0.2, 0.25) is 0 Å². The van der Waals surface area contributed by atoms with Crippen LogP contribution in [-0.4, -0.2) is 72.0 Å². The van der Waals surface area contributed by atoms with Crippen LogP contribution in [0.25, 0.3) is 28.6 Å². The van der Waals surface area contributed by atoms with Crippen molar-refractivity contribution in [1.29, 1.82) is 0 Å². The number of benzene rings is 1. The Morgan fingerprint density at radius 1 is 1.08 bits per heavy atom. The molecule has 0 aliphatic heterocycles. The topological polar surface area (TPSA) is 125 Å². The van der Waals surface area contributed by atoms with E-state index in [1.54, 1.807) is 24.3 Å². The molecule has 0 saturated heterocycles. The SMILES string of the molecule is COc1ccc(Cn2nc(C(F)(F)F)nc2-c2nc3cc(Cl)ncn3c2-c2cn(S(=O)(=O)N(C)C)cn2)cc1. The molecule has 0 aliphatic carbocycles. The summed E-state index contributed by atoms with van der Waals surface area (Å²) in [7, 11) is 0.268. The second kappa shape index (κ2) is 9.62. The molecule has 0 spiro atoms. The van der Waals surface area contributed by atoms with Gasteiger partial charge >= 0.3 is 16.4 Å². The number of ether oxygens (including phenoxy) is 1. The summed E-state index contributed by atoms with van der Waals surface area (Å²) >= 11 is 6.04. The molecule has 0 radical (unpaired) electrons. The highest BCUT2D eigenvalue weighted by Crippen LogP contribution is 2.35. The summed E-state index contributed by atoms with van der Waals surface area (Å²) in [6.07, 6.45) is -1.25. The van der Waals surface area contributed by atoms with Crippen molar-refractivity contribution in [3.8, 4) is 28.7 Å². The molecule has 4 heterocycles. The molecule has 1 aromatic carbocycles. The van der Waals surface area contributed by atoms with Crippen LogP contribution in [0.15, 0.2) is 49.2 Å². The number of aromatic nitrogens is 8. The van der Waals surface area contributed by atoms with Gasteiger partial charge in [0.1, 0.15) is 46.3 Å². The highest BCUT2D eigenvalue weighted by molar-refractivity contribution is 7.87. The molecule has 0 bridgehead atoms. The summed E-state index contributed by atoms with van der Waals surface area (Å²) in [6.45, 7) is -0.0851. The first-order chi connectivity index (χ1) is 18.4. The van der Waals surface area contributed by atoms with Crippen molar-refractivity contribution in [1.82, 2.24) is 42.4 Å². The predicted octanol–water partition coefficient (Wildman–Crippen LogP) is 3.23. The van der Waals surface area contributed by atoms with Gasteiger partial charge in [-0.15, -0.1) is 5.10 Å². The number of imidazole rings is 2. The fourth-order valence-electron chi connectivity index (χ4n) is 3.72. The Labute approximate surface area is 224 Å². The monoisotopic (exact) mass is 581 g/mol. The van der Waals surface area contributed by atoms with Crippen LogP contribution in [-0.2, 0) is 22.9 Å². The van der Waals surface area contributed by atoms with Crippen molar-refractivity contribution in [2.75, 3.05) is 21.2 Å². The summed E-state index contributed by atoms with van der Waals surface area (Å²) in [5.41, 5.74) is 1.02. The van der Waals surface area contributed by atoms with Crippen molar-refractivity contribution in [3.63, 3.8) is 0 Å². The summed E-state index contributed by atoms with van der Waals surface area (Å²) in [5.74, 6) is -1.02. The molecule has 0 unspecified atom stereocenters. The van der Waals surface area contributed by atoms with Gasteiger partial charge in [0.05, 0.1) is 19.9 Å². The maximum Gasteiger partial charge on any atom is 0.453 e. The Bertz CT molecular complexity index is 1780. The number of hydrogen-bond acceptors (Lipinski definition) is 8. The molecule has 0 fully saturated rings. The largest absolute Gasteiger partial charge is 0.497 e. The zero-order valence-electron chi connectivity index (χ0n) is 20.5. The third kappa shape index (κ3) is 4.93. The summed E-state index contributed by atoms with van der Waals surface area (Å²) < 4.78 is 75.9. The second-order valence-electron chi connectivity index (χ2n) is 8.39. The first-order valence-corrected chi connectivity index (χ1v) is 12.8. The first kappa shape index (κ1) is 26.6. The lowest BCUT2D eigenvalue weighted by molar-refractivity contribution is -0.144. The molecule has 39 heavy (non-hydrogen) atoms. The lowest BCUT2D eigenvalue weighted by Crippen LogP contribution is -2.27. The van der Waals surface area contributed by atoms with Crippen LogP contribution in [0.2, 0.25) is 5.15 Å². The third-order valence-corrected chi connectivity index (χ3v) is 7.50. The molecule has 5 aromatic rings. The van der Waals surface area contributed by atoms with Crippen LogP contribution < -0.4 is 4.74 Å². The summed E-state index contributed by atoms with van der Waals surface area (Å²) in [6, 6.07) is 8.09. The number of fused-ring (bicyclic) bond motifs is 1. The minimum absolute atomic E-state index is 0.0388. The van der Waals surface area contributed by atoms with E-state index in [1.807, 2.05) is 0 Å². The van der Waals surface area contributed by atoms with Crippen molar-refractivity contribution in [2.45, 2.75) is 12.7 Å². The maximum atomic E-state index is 13.7. The Kier molecular flexibility index (Phi) is 6.56. The number of hydrogen-bond donors (Lipinski definition) is 0. The van der Waals surface area contributed by atoms with E-state index in [0.717, 1.165) is 19.3 Å². The van der Waals surface area contributed by atoms with Gasteiger partial charge in [0.25, 0.3) is 5.82 Å². The van der Waals surface area contributed by atoms with E-state index in [9.17, 15) is 21.6 Å². The molecule has 0 atom stereocenters. The van der Waals surface area contributed by atoms with Crippen LogP contribution in [0.5, 0.6) is 5.75 Å². The average Bonchev–Trinajstić information content (AvgIpc) is 3.60. The molecule has 17 heteroatoms. The fourth-order valence-corrected chi connectivity index (χ4v) is 4.64. The van der Waals surface area contributed by atoms with E-state index < -0.39 is 22.2 Å². The number of rotatable bonds is 7. The van der Waals surface area contributed by atoms with E-state index in [0.29, 0.717) is 11.3 Å². The van der Waals surface area contributed by atoms with Crippen LogP contribution in [0, 0.1) is 0 Å². The zero-order chi connectivity index (χ0) is 28.1. The number of methoxy groups -OCH3 is 1. The minimum Gasteiger partial charge on any atom is -0.497 e. The molecule has 0 saturated carbocycles. The number of halogens is 4. The first-order valence-electron chi connectivity index (χ1n) is 11.0. The highest BCUT2D eigenvalue weighted by Gasteiger charge is 2.38. The van der Waals surface area contributed by atoms with E-state index in [1.165, 1.54) is 44.2 Å². The Hall–Kier alpha value is -4.02. The molecular weight excluding hydrogens is 563 g/mol. The van der Waals surface area contributed by atoms with Crippen LogP contribution in [0.1, 0.15) is 11.4 Å². The Morgan fingerprint density at radius 2 is 1.79 bits per heavy atom. The van der Waals surface area contributed by atoms with E-state index in [-0.39, 0.29) is 40.3 Å². The fraction of sp³-hybridized carbons (Fsp3) is 0.227. The second-order valence-corrected chi connectivity index (χ2v) is 10.8. The van der Waals surface area contributed by atoms with Crippen molar-refractivity contribution in [3.05, 3.63) is 65.7 Å². The van der Waals surface area contributed by atoms with Gasteiger partial charge < -0.3 is 4.74 Å². The van der Waals surface area contributed by atoms with Gasteiger partial charge in [-0.25, -0.2) is 28.6 Å². The van der Waals surface area contributed by atoms with Gasteiger partial charge in [-0.1, -0.05) is 23.7 Å². The van der Waals surface area contributed by atoms with Crippen LogP contribution in [0.3, 0.4) is 0 Å². The highest BCUT2D eigenvalue weighted by atomic mass is 35.5. The van der Waals surface area contributed by atoms with Crippen molar-refractivity contribution in [2.24, 2.45) is 0 Å². The predicted molar refractivity (Wildman–Crippen MR) is 133 cm³/mol. The van der Waals surface area contributed by atoms with Crippen molar-refractivity contribution < 1.29 is 26.3 Å². The molecule has 0 amide bonds. The van der Waals surface area contributed by atoms with Gasteiger partial charge in [0.15, 0.2) is 5.82 Å². The smallest absolute Gasteiger partial charge is 0.453 e. The maximum absolute atomic E-state index is 13.7. The zero-order valence-corrected chi connectivity index (χ0v) is 22.1. The molecule has 0 aliphatic rings. The lowest BCUT2D eigenvalue weighted by atomic mass is 10.2. The standard InChI is InChI=1S/C22H19ClF3N9O3S/c1-32(2)39(36,37)33-10-15(27-11-33)19-18(29-17-8-16(23)28-12-34(17)19)20-30-21(22(24,25)26)31-35(20)9-13-4-6-14(38-3)7-5-13/h4-8,10-12H,9H2,1-3H3. The Morgan fingerprint density at radius 3 is 2.44 bits per heavy atom. The number of alkyl halides is 3. The molecule has 204 valence electrons. The van der Waals surface area contributed by atoms with Gasteiger partial charge in [0, 0.05) is 20.2 Å². The Balaban J connectivity index is 1.73. The quantitative estimate of drug-likeness (QED) is 0.268. The molecule has 0 N–H and O–H groups in total. The van der Waals surface area contributed by atoms with Crippen molar-refractivity contribution >= 4 is 27.5 Å². The van der Waals surface area contributed by atoms with Crippen LogP contribution in [0.4, 0.5) is 13.2 Å². The summed E-state index contributed by atoms with van der Waals surface area (Å²) in [4.78, 5) is 16.5. The van der Waals surface area contributed by atoms with E-state index in [2.05, 4.69) is 25.0 Å².